The lowest BCUT2D eigenvalue weighted by molar-refractivity contribution is -0.132. The van der Waals surface area contributed by atoms with Crippen LogP contribution in [-0.2, 0) is 9.59 Å². The third kappa shape index (κ3) is 4.65. The smallest absolute Gasteiger partial charge is 0.237 e. The molecular weight excluding hydrogens is 350 g/mol. The highest BCUT2D eigenvalue weighted by molar-refractivity contribution is 7.80. The van der Waals surface area contributed by atoms with Crippen LogP contribution in [0.3, 0.4) is 0 Å². The maximum absolute atomic E-state index is 12.3. The van der Waals surface area contributed by atoms with Crippen LogP contribution in [0.25, 0.3) is 0 Å². The fraction of sp³-hybridized carbons (Fsp3) is 0.833. The molecule has 3 aliphatic rings. The summed E-state index contributed by atoms with van der Waals surface area (Å²) in [5.41, 5.74) is 0. The second kappa shape index (κ2) is 8.52. The van der Waals surface area contributed by atoms with Crippen molar-refractivity contribution < 1.29 is 9.59 Å². The average molecular weight is 382 g/mol. The van der Waals surface area contributed by atoms with E-state index in [2.05, 4.69) is 20.9 Å². The summed E-state index contributed by atoms with van der Waals surface area (Å²) < 4.78 is 0. The number of nitrogens with one attached hydrogen (secondary N) is 3. The monoisotopic (exact) mass is 381 g/mol. The predicted molar refractivity (Wildman–Crippen MR) is 105 cm³/mol. The molecule has 0 aromatic heterocycles. The standard InChI is InChI=1S/C18H31N5O2S/c1-3-22(4-2)16(24)8-7-14-10-19-17(25)15-9-13(11-23(14)15)21-18(26)20-12-5-6-12/h12-15H,3-11H2,1-2H3,(H,19,25)(H2,20,21,26)/t13-,14+,15-/m0/s1. The van der Waals surface area contributed by atoms with Crippen LogP contribution in [0.5, 0.6) is 0 Å². The van der Waals surface area contributed by atoms with E-state index < -0.39 is 0 Å². The van der Waals surface area contributed by atoms with Gasteiger partial charge < -0.3 is 20.9 Å². The SMILES string of the molecule is CCN(CC)C(=O)CC[C@@H]1CNC(=O)[C@@H]2C[C@H](NC(=S)NC3CC3)CN12. The Hall–Kier alpha value is -1.41. The number of fused-ring (bicyclic) bond motifs is 1. The summed E-state index contributed by atoms with van der Waals surface area (Å²) in [6.45, 7) is 6.94. The summed E-state index contributed by atoms with van der Waals surface area (Å²) in [6, 6.07) is 0.817. The number of rotatable bonds is 7. The summed E-state index contributed by atoms with van der Waals surface area (Å²) >= 11 is 5.38. The minimum absolute atomic E-state index is 0.0988. The van der Waals surface area contributed by atoms with Crippen LogP contribution in [0, 0.1) is 0 Å². The van der Waals surface area contributed by atoms with Crippen molar-refractivity contribution in [1.29, 1.82) is 0 Å². The van der Waals surface area contributed by atoms with E-state index in [4.69, 9.17) is 12.2 Å². The molecule has 0 radical (unpaired) electrons. The van der Waals surface area contributed by atoms with E-state index in [1.165, 1.54) is 12.8 Å². The highest BCUT2D eigenvalue weighted by Crippen LogP contribution is 2.26. The van der Waals surface area contributed by atoms with E-state index in [1.54, 1.807) is 0 Å². The number of hydrogen-bond donors (Lipinski definition) is 3. The molecule has 3 atom stereocenters. The number of piperazine rings is 1. The van der Waals surface area contributed by atoms with E-state index in [1.807, 2.05) is 18.7 Å². The predicted octanol–water partition coefficient (Wildman–Crippen LogP) is 0.203. The highest BCUT2D eigenvalue weighted by Gasteiger charge is 2.43. The fourth-order valence-electron chi connectivity index (χ4n) is 4.01. The lowest BCUT2D eigenvalue weighted by atomic mass is 10.0. The van der Waals surface area contributed by atoms with Crippen LogP contribution in [0.15, 0.2) is 0 Å². The van der Waals surface area contributed by atoms with E-state index in [0.29, 0.717) is 24.1 Å². The number of carbonyl (C=O) groups excluding carboxylic acids is 2. The molecule has 0 bridgehead atoms. The lowest BCUT2D eigenvalue weighted by Gasteiger charge is -2.37. The average Bonchev–Trinajstić information content (AvgIpc) is 3.31. The van der Waals surface area contributed by atoms with E-state index in [0.717, 1.165) is 32.5 Å². The van der Waals surface area contributed by atoms with Crippen molar-refractivity contribution >= 4 is 29.1 Å². The molecule has 2 amide bonds. The molecule has 146 valence electrons. The molecule has 1 saturated carbocycles. The van der Waals surface area contributed by atoms with E-state index >= 15 is 0 Å². The Morgan fingerprint density at radius 3 is 2.62 bits per heavy atom. The topological polar surface area (TPSA) is 76.7 Å². The number of amides is 2. The number of thiocarbonyl (C=S) groups is 1. The number of hydrogen-bond acceptors (Lipinski definition) is 4. The van der Waals surface area contributed by atoms with Gasteiger partial charge in [0.05, 0.1) is 6.04 Å². The minimum Gasteiger partial charge on any atom is -0.360 e. The third-order valence-corrected chi connectivity index (χ3v) is 5.91. The molecule has 2 saturated heterocycles. The lowest BCUT2D eigenvalue weighted by Crippen LogP contribution is -2.58. The van der Waals surface area contributed by atoms with Crippen LogP contribution >= 0.6 is 12.2 Å². The summed E-state index contributed by atoms with van der Waals surface area (Å²) in [6.07, 6.45) is 4.45. The van der Waals surface area contributed by atoms with Crippen LogP contribution in [0.1, 0.15) is 46.0 Å². The zero-order chi connectivity index (χ0) is 18.7. The van der Waals surface area contributed by atoms with Gasteiger partial charge in [0.15, 0.2) is 5.11 Å². The van der Waals surface area contributed by atoms with Gasteiger partial charge in [-0.1, -0.05) is 0 Å². The maximum Gasteiger partial charge on any atom is 0.237 e. The molecule has 26 heavy (non-hydrogen) atoms. The van der Waals surface area contributed by atoms with Gasteiger partial charge in [-0.05, 0) is 51.7 Å². The molecule has 2 aliphatic heterocycles. The Morgan fingerprint density at radius 2 is 1.96 bits per heavy atom. The Morgan fingerprint density at radius 1 is 1.27 bits per heavy atom. The van der Waals surface area contributed by atoms with Crippen molar-refractivity contribution in [1.82, 2.24) is 25.8 Å². The van der Waals surface area contributed by atoms with E-state index in [-0.39, 0.29) is 29.9 Å². The molecule has 8 heteroatoms. The normalized spacial score (nSPS) is 28.2. The molecule has 3 fully saturated rings. The van der Waals surface area contributed by atoms with Crippen molar-refractivity contribution in [3.8, 4) is 0 Å². The first-order valence-electron chi connectivity index (χ1n) is 9.90. The van der Waals surface area contributed by atoms with E-state index in [9.17, 15) is 9.59 Å². The molecule has 0 aromatic rings. The van der Waals surface area contributed by atoms with Crippen LogP contribution < -0.4 is 16.0 Å². The first kappa shape index (κ1) is 19.4. The van der Waals surface area contributed by atoms with Gasteiger partial charge in [-0.25, -0.2) is 0 Å². The van der Waals surface area contributed by atoms with Crippen molar-refractivity contribution in [3.05, 3.63) is 0 Å². The van der Waals surface area contributed by atoms with Gasteiger partial charge in [0.25, 0.3) is 0 Å². The highest BCUT2D eigenvalue weighted by atomic mass is 32.1. The molecule has 0 spiro atoms. The van der Waals surface area contributed by atoms with Crippen molar-refractivity contribution in [2.75, 3.05) is 26.2 Å². The zero-order valence-corrected chi connectivity index (χ0v) is 16.6. The quantitative estimate of drug-likeness (QED) is 0.547. The fourth-order valence-corrected chi connectivity index (χ4v) is 4.35. The second-order valence-electron chi connectivity index (χ2n) is 7.54. The van der Waals surface area contributed by atoms with Crippen LogP contribution in [0.4, 0.5) is 0 Å². The molecule has 1 aliphatic carbocycles. The summed E-state index contributed by atoms with van der Waals surface area (Å²) in [4.78, 5) is 28.7. The Kier molecular flexibility index (Phi) is 6.34. The second-order valence-corrected chi connectivity index (χ2v) is 7.95. The number of nitrogens with zero attached hydrogens (tertiary/aromatic N) is 2. The molecule has 2 heterocycles. The summed E-state index contributed by atoms with van der Waals surface area (Å²) in [7, 11) is 0. The largest absolute Gasteiger partial charge is 0.360 e. The van der Waals surface area contributed by atoms with Gasteiger partial charge in [0.1, 0.15) is 0 Å². The van der Waals surface area contributed by atoms with Crippen molar-refractivity contribution in [2.45, 2.75) is 70.1 Å². The first-order chi connectivity index (χ1) is 12.5. The van der Waals surface area contributed by atoms with Crippen molar-refractivity contribution in [3.63, 3.8) is 0 Å². The third-order valence-electron chi connectivity index (χ3n) is 5.68. The van der Waals surface area contributed by atoms with Gasteiger partial charge in [-0.3, -0.25) is 14.5 Å². The number of carbonyl (C=O) groups is 2. The van der Waals surface area contributed by atoms with Crippen molar-refractivity contribution in [2.24, 2.45) is 0 Å². The molecule has 7 nitrogen and oxygen atoms in total. The molecule has 0 aromatic carbocycles. The molecule has 3 rings (SSSR count). The summed E-state index contributed by atoms with van der Waals surface area (Å²) in [5, 5.41) is 10.4. The minimum atomic E-state index is -0.112. The maximum atomic E-state index is 12.3. The van der Waals surface area contributed by atoms with Crippen LogP contribution in [-0.4, -0.2) is 77.1 Å². The van der Waals surface area contributed by atoms with Gasteiger partial charge in [-0.2, -0.15) is 0 Å². The molecule has 3 N–H and O–H groups in total. The van der Waals surface area contributed by atoms with Gasteiger partial charge in [0, 0.05) is 50.7 Å². The van der Waals surface area contributed by atoms with Gasteiger partial charge in [-0.15, -0.1) is 0 Å². The summed E-state index contributed by atoms with van der Waals surface area (Å²) in [5.74, 6) is 0.300. The van der Waals surface area contributed by atoms with Gasteiger partial charge in [0.2, 0.25) is 11.8 Å². The molecular formula is C18H31N5O2S. The Balaban J connectivity index is 1.52. The Bertz CT molecular complexity index is 550. The molecule has 0 unspecified atom stereocenters. The van der Waals surface area contributed by atoms with Crippen LogP contribution in [0.2, 0.25) is 0 Å². The zero-order valence-electron chi connectivity index (χ0n) is 15.8. The first-order valence-corrected chi connectivity index (χ1v) is 10.3. The van der Waals surface area contributed by atoms with Gasteiger partial charge >= 0.3 is 0 Å². The Labute approximate surface area is 161 Å².